The van der Waals surface area contributed by atoms with Gasteiger partial charge in [-0.1, -0.05) is 30.3 Å². The summed E-state index contributed by atoms with van der Waals surface area (Å²) in [5.74, 6) is 1.87. The SMILES string of the molecule is CCNC(=NCCCCN1CCN(Cc2ccccc2)CC1)N(C)CCC1CCOCC1.I. The zero-order valence-electron chi connectivity index (χ0n) is 20.9. The third kappa shape index (κ3) is 10.9. The summed E-state index contributed by atoms with van der Waals surface area (Å²) in [6.45, 7) is 13.9. The van der Waals surface area contributed by atoms with Gasteiger partial charge in [-0.2, -0.15) is 0 Å². The molecule has 1 aromatic carbocycles. The molecule has 2 aliphatic heterocycles. The summed E-state index contributed by atoms with van der Waals surface area (Å²) < 4.78 is 5.49. The van der Waals surface area contributed by atoms with Crippen LogP contribution in [0.3, 0.4) is 0 Å². The van der Waals surface area contributed by atoms with Crippen LogP contribution in [0.5, 0.6) is 0 Å². The van der Waals surface area contributed by atoms with Gasteiger partial charge < -0.3 is 19.9 Å². The minimum Gasteiger partial charge on any atom is -0.381 e. The molecule has 33 heavy (non-hydrogen) atoms. The molecule has 7 heteroatoms. The van der Waals surface area contributed by atoms with E-state index in [1.807, 2.05) is 0 Å². The molecule has 0 amide bonds. The van der Waals surface area contributed by atoms with E-state index in [4.69, 9.17) is 9.73 Å². The molecule has 1 aromatic rings. The average Bonchev–Trinajstić information content (AvgIpc) is 2.84. The van der Waals surface area contributed by atoms with Crippen molar-refractivity contribution >= 4 is 29.9 Å². The van der Waals surface area contributed by atoms with Crippen LogP contribution in [-0.2, 0) is 11.3 Å². The van der Waals surface area contributed by atoms with Crippen LogP contribution in [0.4, 0.5) is 0 Å². The van der Waals surface area contributed by atoms with Crippen LogP contribution >= 0.6 is 24.0 Å². The lowest BCUT2D eigenvalue weighted by Gasteiger charge is -2.34. The Balaban J connectivity index is 0.00000385. The van der Waals surface area contributed by atoms with Crippen LogP contribution in [0.15, 0.2) is 35.3 Å². The number of rotatable bonds is 11. The maximum atomic E-state index is 5.49. The van der Waals surface area contributed by atoms with E-state index in [2.05, 4.69) is 64.3 Å². The number of ether oxygens (including phenoxy) is 1. The van der Waals surface area contributed by atoms with Gasteiger partial charge in [0.25, 0.3) is 0 Å². The third-order valence-electron chi connectivity index (χ3n) is 6.77. The number of nitrogens with zero attached hydrogens (tertiary/aromatic N) is 4. The number of hydrogen-bond acceptors (Lipinski definition) is 4. The van der Waals surface area contributed by atoms with E-state index >= 15 is 0 Å². The van der Waals surface area contributed by atoms with E-state index in [0.717, 1.165) is 57.7 Å². The Morgan fingerprint density at radius 2 is 1.76 bits per heavy atom. The fourth-order valence-electron chi connectivity index (χ4n) is 4.63. The van der Waals surface area contributed by atoms with Gasteiger partial charge >= 0.3 is 0 Å². The van der Waals surface area contributed by atoms with Gasteiger partial charge in [-0.15, -0.1) is 24.0 Å². The Hall–Kier alpha value is -0.900. The molecule has 1 N–H and O–H groups in total. The Morgan fingerprint density at radius 3 is 2.45 bits per heavy atom. The van der Waals surface area contributed by atoms with E-state index in [1.54, 1.807) is 0 Å². The molecule has 2 saturated heterocycles. The smallest absolute Gasteiger partial charge is 0.193 e. The molecule has 0 unspecified atom stereocenters. The molecule has 0 bridgehead atoms. The molecular weight excluding hydrogens is 525 g/mol. The number of piperazine rings is 1. The third-order valence-corrected chi connectivity index (χ3v) is 6.77. The van der Waals surface area contributed by atoms with Gasteiger partial charge in [0.2, 0.25) is 0 Å². The van der Waals surface area contributed by atoms with Gasteiger partial charge in [-0.25, -0.2) is 0 Å². The molecule has 6 nitrogen and oxygen atoms in total. The number of nitrogens with one attached hydrogen (secondary N) is 1. The summed E-state index contributed by atoms with van der Waals surface area (Å²) in [4.78, 5) is 12.4. The summed E-state index contributed by atoms with van der Waals surface area (Å²) >= 11 is 0. The van der Waals surface area contributed by atoms with Crippen molar-refractivity contribution < 1.29 is 4.74 Å². The minimum absolute atomic E-state index is 0. The van der Waals surface area contributed by atoms with Gasteiger partial charge in [0, 0.05) is 72.6 Å². The Morgan fingerprint density at radius 1 is 1.06 bits per heavy atom. The van der Waals surface area contributed by atoms with E-state index in [0.29, 0.717) is 0 Å². The molecule has 0 atom stereocenters. The average molecular weight is 572 g/mol. The van der Waals surface area contributed by atoms with Crippen molar-refractivity contribution in [1.29, 1.82) is 0 Å². The highest BCUT2D eigenvalue weighted by molar-refractivity contribution is 14.0. The summed E-state index contributed by atoms with van der Waals surface area (Å²) in [5, 5.41) is 3.47. The van der Waals surface area contributed by atoms with E-state index in [1.165, 1.54) is 64.0 Å². The number of benzene rings is 1. The van der Waals surface area contributed by atoms with Crippen LogP contribution in [0, 0.1) is 5.92 Å². The molecule has 0 saturated carbocycles. The Labute approximate surface area is 219 Å². The first-order valence-electron chi connectivity index (χ1n) is 12.8. The van der Waals surface area contributed by atoms with Gasteiger partial charge in [0.05, 0.1) is 0 Å². The van der Waals surface area contributed by atoms with Crippen molar-refractivity contribution in [2.24, 2.45) is 10.9 Å². The predicted octanol–water partition coefficient (Wildman–Crippen LogP) is 3.92. The highest BCUT2D eigenvalue weighted by Gasteiger charge is 2.17. The molecular formula is C26H46IN5O. The lowest BCUT2D eigenvalue weighted by atomic mass is 9.96. The number of hydrogen-bond donors (Lipinski definition) is 1. The fourth-order valence-corrected chi connectivity index (χ4v) is 4.63. The number of aliphatic imine (C=N–C) groups is 1. The molecule has 3 rings (SSSR count). The van der Waals surface area contributed by atoms with Crippen LogP contribution in [0.2, 0.25) is 0 Å². The van der Waals surface area contributed by atoms with Crippen LogP contribution in [0.1, 0.15) is 44.6 Å². The standard InChI is InChI=1S/C26H45N5O.HI/c1-3-27-26(29(2)16-11-24-12-21-32-22-13-24)28-14-7-8-15-30-17-19-31(20-18-30)23-25-9-5-4-6-10-25;/h4-6,9-10,24H,3,7-8,11-23H2,1-2H3,(H,27,28);1H. The van der Waals surface area contributed by atoms with Crippen LogP contribution in [0.25, 0.3) is 0 Å². The predicted molar refractivity (Wildman–Crippen MR) is 150 cm³/mol. The normalized spacial score (nSPS) is 18.7. The summed E-state index contributed by atoms with van der Waals surface area (Å²) in [6, 6.07) is 10.8. The molecule has 0 aromatic heterocycles. The minimum atomic E-state index is 0. The van der Waals surface area contributed by atoms with Crippen molar-refractivity contribution in [2.45, 2.75) is 45.6 Å². The quantitative estimate of drug-likeness (QED) is 0.189. The van der Waals surface area contributed by atoms with Gasteiger partial charge in [-0.05, 0) is 57.1 Å². The maximum absolute atomic E-state index is 5.49. The van der Waals surface area contributed by atoms with Crippen molar-refractivity contribution in [2.75, 3.05) is 72.6 Å². The van der Waals surface area contributed by atoms with Crippen molar-refractivity contribution in [1.82, 2.24) is 20.0 Å². The molecule has 0 aliphatic carbocycles. The van der Waals surface area contributed by atoms with Crippen molar-refractivity contribution in [3.05, 3.63) is 35.9 Å². The lowest BCUT2D eigenvalue weighted by Crippen LogP contribution is -2.46. The molecule has 2 aliphatic rings. The number of halogens is 1. The molecule has 2 heterocycles. The Bertz CT molecular complexity index is 645. The largest absolute Gasteiger partial charge is 0.381 e. The van der Waals surface area contributed by atoms with E-state index < -0.39 is 0 Å². The molecule has 2 fully saturated rings. The monoisotopic (exact) mass is 571 g/mol. The van der Waals surface area contributed by atoms with E-state index in [-0.39, 0.29) is 24.0 Å². The second-order valence-corrected chi connectivity index (χ2v) is 9.31. The first-order valence-corrected chi connectivity index (χ1v) is 12.8. The highest BCUT2D eigenvalue weighted by atomic mass is 127. The van der Waals surface area contributed by atoms with E-state index in [9.17, 15) is 0 Å². The number of unbranched alkanes of at least 4 members (excludes halogenated alkanes) is 1. The van der Waals surface area contributed by atoms with Gasteiger partial charge in [0.15, 0.2) is 5.96 Å². The zero-order chi connectivity index (χ0) is 22.4. The maximum Gasteiger partial charge on any atom is 0.193 e. The molecule has 0 spiro atoms. The summed E-state index contributed by atoms with van der Waals surface area (Å²) in [6.07, 6.45) is 6.05. The van der Waals surface area contributed by atoms with Crippen LogP contribution < -0.4 is 5.32 Å². The second kappa shape index (κ2) is 16.7. The molecule has 0 radical (unpaired) electrons. The lowest BCUT2D eigenvalue weighted by molar-refractivity contribution is 0.0625. The zero-order valence-corrected chi connectivity index (χ0v) is 23.2. The van der Waals surface area contributed by atoms with Crippen LogP contribution in [-0.4, -0.2) is 93.3 Å². The van der Waals surface area contributed by atoms with Gasteiger partial charge in [-0.3, -0.25) is 9.89 Å². The second-order valence-electron chi connectivity index (χ2n) is 9.31. The first-order chi connectivity index (χ1) is 15.7. The van der Waals surface area contributed by atoms with Gasteiger partial charge in [0.1, 0.15) is 0 Å². The van der Waals surface area contributed by atoms with Crippen molar-refractivity contribution in [3.8, 4) is 0 Å². The molecule has 188 valence electrons. The summed E-state index contributed by atoms with van der Waals surface area (Å²) in [7, 11) is 2.18. The Kier molecular flexibility index (Phi) is 14.3. The highest BCUT2D eigenvalue weighted by Crippen LogP contribution is 2.18. The summed E-state index contributed by atoms with van der Waals surface area (Å²) in [5.41, 5.74) is 1.42. The first kappa shape index (κ1) is 28.3. The topological polar surface area (TPSA) is 43.3 Å². The fraction of sp³-hybridized carbons (Fsp3) is 0.731. The number of guanidine groups is 1. The van der Waals surface area contributed by atoms with Crippen molar-refractivity contribution in [3.63, 3.8) is 0 Å².